The standard InChI is InChI=1S/C14H11N3O2/c1-8-16-13(18)11(14(19)17-8)6-9-7-15-12-5-3-2-4-10(9)12/h2-7,15H,1H2,(H,16,18)(H,17,19). The van der Waals surface area contributed by atoms with Crippen molar-refractivity contribution in [3.63, 3.8) is 0 Å². The highest BCUT2D eigenvalue weighted by Crippen LogP contribution is 2.17. The summed E-state index contributed by atoms with van der Waals surface area (Å²) >= 11 is 0. The number of hydrogen-bond acceptors (Lipinski definition) is 2. The van der Waals surface area contributed by atoms with Crippen LogP contribution in [0.4, 0.5) is 0 Å². The number of para-hydroxylation sites is 1. The fourth-order valence-electron chi connectivity index (χ4n) is 2.04. The number of aromatic nitrogens is 3. The van der Waals surface area contributed by atoms with Gasteiger partial charge in [0.05, 0.1) is 0 Å². The minimum atomic E-state index is -0.445. The molecule has 0 amide bonds. The monoisotopic (exact) mass is 253 g/mol. The summed E-state index contributed by atoms with van der Waals surface area (Å²) in [6, 6.07) is 7.68. The summed E-state index contributed by atoms with van der Waals surface area (Å²) in [5.74, 6) is 0. The van der Waals surface area contributed by atoms with Crippen LogP contribution in [0.1, 0.15) is 5.56 Å². The summed E-state index contributed by atoms with van der Waals surface area (Å²) in [7, 11) is 0. The maximum atomic E-state index is 11.8. The van der Waals surface area contributed by atoms with E-state index in [-0.39, 0.29) is 10.7 Å². The largest absolute Gasteiger partial charge is 0.361 e. The zero-order valence-corrected chi connectivity index (χ0v) is 9.99. The second-order valence-corrected chi connectivity index (χ2v) is 4.23. The second-order valence-electron chi connectivity index (χ2n) is 4.23. The minimum absolute atomic E-state index is 0.0668. The SMILES string of the molecule is C=c1[nH]c(=O)c(=Cc2c[nH]c3ccccc23)c(=O)[nH]1. The molecule has 19 heavy (non-hydrogen) atoms. The van der Waals surface area contributed by atoms with Crippen LogP contribution in [0.15, 0.2) is 40.1 Å². The Kier molecular flexibility index (Phi) is 2.45. The number of H-pyrrole nitrogens is 3. The number of benzene rings is 1. The van der Waals surface area contributed by atoms with Crippen molar-refractivity contribution in [1.29, 1.82) is 0 Å². The van der Waals surface area contributed by atoms with E-state index < -0.39 is 11.1 Å². The molecule has 3 rings (SSSR count). The molecule has 1 aromatic carbocycles. The molecule has 0 bridgehead atoms. The minimum Gasteiger partial charge on any atom is -0.361 e. The Labute approximate surface area is 106 Å². The normalized spacial score (nSPS) is 10.7. The van der Waals surface area contributed by atoms with Crippen molar-refractivity contribution in [3.05, 3.63) is 67.4 Å². The fraction of sp³-hybridized carbons (Fsp3) is 0. The molecule has 0 spiro atoms. The third-order valence-electron chi connectivity index (χ3n) is 2.94. The van der Waals surface area contributed by atoms with Crippen LogP contribution >= 0.6 is 0 Å². The molecule has 0 saturated carbocycles. The van der Waals surface area contributed by atoms with E-state index in [2.05, 4.69) is 21.5 Å². The second kappa shape index (κ2) is 4.13. The van der Waals surface area contributed by atoms with E-state index in [0.717, 1.165) is 16.5 Å². The molecule has 0 aliphatic rings. The highest BCUT2D eigenvalue weighted by Gasteiger charge is 2.02. The van der Waals surface area contributed by atoms with E-state index >= 15 is 0 Å². The third-order valence-corrected chi connectivity index (χ3v) is 2.94. The number of nitrogens with one attached hydrogen (secondary N) is 3. The molecule has 0 atom stereocenters. The van der Waals surface area contributed by atoms with Crippen LogP contribution < -0.4 is 21.8 Å². The molecule has 2 aromatic heterocycles. The van der Waals surface area contributed by atoms with Crippen LogP contribution in [0.5, 0.6) is 0 Å². The van der Waals surface area contributed by atoms with E-state index in [0.29, 0.717) is 0 Å². The topological polar surface area (TPSA) is 81.5 Å². The van der Waals surface area contributed by atoms with Gasteiger partial charge in [0.25, 0.3) is 11.1 Å². The summed E-state index contributed by atoms with van der Waals surface area (Å²) < 4.78 is 0. The van der Waals surface area contributed by atoms with Crippen molar-refractivity contribution < 1.29 is 0 Å². The number of hydrogen-bond donors (Lipinski definition) is 3. The number of rotatable bonds is 1. The van der Waals surface area contributed by atoms with Crippen LogP contribution in [-0.2, 0) is 0 Å². The molecule has 3 aromatic rings. The quantitative estimate of drug-likeness (QED) is 0.560. The Hall–Kier alpha value is -2.82. The first kappa shape index (κ1) is 11.3. The van der Waals surface area contributed by atoms with Crippen LogP contribution in [0, 0.1) is 0 Å². The van der Waals surface area contributed by atoms with Gasteiger partial charge in [-0.25, -0.2) is 0 Å². The van der Waals surface area contributed by atoms with Gasteiger partial charge in [-0.3, -0.25) is 9.59 Å². The molecule has 0 radical (unpaired) electrons. The van der Waals surface area contributed by atoms with Gasteiger partial charge in [0.2, 0.25) is 0 Å². The van der Waals surface area contributed by atoms with Gasteiger partial charge in [0, 0.05) is 22.7 Å². The average molecular weight is 253 g/mol. The number of aromatic amines is 3. The van der Waals surface area contributed by atoms with E-state index in [1.807, 2.05) is 24.3 Å². The van der Waals surface area contributed by atoms with Crippen molar-refractivity contribution in [2.24, 2.45) is 0 Å². The molecule has 5 heteroatoms. The van der Waals surface area contributed by atoms with Gasteiger partial charge in [-0.15, -0.1) is 0 Å². The smallest absolute Gasteiger partial charge is 0.262 e. The van der Waals surface area contributed by atoms with Crippen LogP contribution in [-0.4, -0.2) is 15.0 Å². The zero-order valence-electron chi connectivity index (χ0n) is 9.99. The first-order valence-electron chi connectivity index (χ1n) is 5.74. The molecule has 0 fully saturated rings. The van der Waals surface area contributed by atoms with Gasteiger partial charge in [0.15, 0.2) is 0 Å². The lowest BCUT2D eigenvalue weighted by molar-refractivity contribution is 0.993. The van der Waals surface area contributed by atoms with E-state index in [9.17, 15) is 9.59 Å². The van der Waals surface area contributed by atoms with Crippen molar-refractivity contribution in [2.75, 3.05) is 0 Å². The Morgan fingerprint density at radius 2 is 1.74 bits per heavy atom. The Morgan fingerprint density at radius 3 is 2.47 bits per heavy atom. The van der Waals surface area contributed by atoms with Gasteiger partial charge in [-0.2, -0.15) is 0 Å². The first-order valence-corrected chi connectivity index (χ1v) is 5.74. The predicted molar refractivity (Wildman–Crippen MR) is 74.3 cm³/mol. The predicted octanol–water partition coefficient (Wildman–Crippen LogP) is -0.216. The van der Waals surface area contributed by atoms with Crippen LogP contribution in [0.3, 0.4) is 0 Å². The van der Waals surface area contributed by atoms with Crippen molar-refractivity contribution in [2.45, 2.75) is 0 Å². The van der Waals surface area contributed by atoms with Gasteiger partial charge < -0.3 is 15.0 Å². The Balaban J connectivity index is 2.37. The highest BCUT2D eigenvalue weighted by atomic mass is 16.1. The number of fused-ring (bicyclic) bond motifs is 1. The summed E-state index contributed by atoms with van der Waals surface area (Å²) in [5.41, 5.74) is 1.06. The molecule has 0 unspecified atom stereocenters. The fourth-order valence-corrected chi connectivity index (χ4v) is 2.04. The summed E-state index contributed by atoms with van der Waals surface area (Å²) in [6.45, 7) is 3.50. The van der Waals surface area contributed by atoms with Gasteiger partial charge in [0.1, 0.15) is 10.7 Å². The van der Waals surface area contributed by atoms with Crippen molar-refractivity contribution in [3.8, 4) is 0 Å². The van der Waals surface area contributed by atoms with Gasteiger partial charge >= 0.3 is 0 Å². The maximum Gasteiger partial charge on any atom is 0.262 e. The molecule has 0 saturated heterocycles. The van der Waals surface area contributed by atoms with Crippen LogP contribution in [0.25, 0.3) is 23.6 Å². The molecule has 3 N–H and O–H groups in total. The first-order chi connectivity index (χ1) is 9.15. The highest BCUT2D eigenvalue weighted by molar-refractivity contribution is 5.88. The summed E-state index contributed by atoms with van der Waals surface area (Å²) in [6.07, 6.45) is 3.33. The lowest BCUT2D eigenvalue weighted by atomic mass is 10.1. The van der Waals surface area contributed by atoms with Gasteiger partial charge in [-0.05, 0) is 12.1 Å². The average Bonchev–Trinajstić information content (AvgIpc) is 2.77. The van der Waals surface area contributed by atoms with E-state index in [4.69, 9.17) is 0 Å². The maximum absolute atomic E-state index is 11.8. The molecule has 0 aliphatic carbocycles. The van der Waals surface area contributed by atoms with Crippen molar-refractivity contribution in [1.82, 2.24) is 15.0 Å². The third kappa shape index (κ3) is 1.91. The molecule has 0 aliphatic heterocycles. The summed E-state index contributed by atoms with van der Waals surface area (Å²) in [4.78, 5) is 31.6. The van der Waals surface area contributed by atoms with Crippen molar-refractivity contribution >= 4 is 23.6 Å². The Morgan fingerprint density at radius 1 is 1.05 bits per heavy atom. The zero-order chi connectivity index (χ0) is 13.4. The molecule has 5 nitrogen and oxygen atoms in total. The lowest BCUT2D eigenvalue weighted by Gasteiger charge is -1.91. The molecule has 94 valence electrons. The van der Waals surface area contributed by atoms with E-state index in [1.54, 1.807) is 12.3 Å². The van der Waals surface area contributed by atoms with E-state index in [1.165, 1.54) is 0 Å². The van der Waals surface area contributed by atoms with Crippen LogP contribution in [0.2, 0.25) is 0 Å². The molecular formula is C14H11N3O2. The lowest BCUT2D eigenvalue weighted by Crippen LogP contribution is -2.47. The summed E-state index contributed by atoms with van der Waals surface area (Å²) in [5, 5.41) is 1.03. The van der Waals surface area contributed by atoms with Gasteiger partial charge in [-0.1, -0.05) is 24.8 Å². The molecule has 2 heterocycles. The molecular weight excluding hydrogens is 242 g/mol. The Bertz CT molecular complexity index is 939.